The van der Waals surface area contributed by atoms with Crippen LogP contribution < -0.4 is 16.0 Å². The Labute approximate surface area is 194 Å². The Morgan fingerprint density at radius 1 is 1.27 bits per heavy atom. The lowest BCUT2D eigenvalue weighted by molar-refractivity contribution is 0.0735. The predicted molar refractivity (Wildman–Crippen MR) is 130 cm³/mol. The summed E-state index contributed by atoms with van der Waals surface area (Å²) >= 11 is 0. The van der Waals surface area contributed by atoms with E-state index in [2.05, 4.69) is 23.0 Å². The van der Waals surface area contributed by atoms with Gasteiger partial charge in [-0.3, -0.25) is 9.78 Å². The van der Waals surface area contributed by atoms with Crippen molar-refractivity contribution in [3.8, 4) is 0 Å². The molecule has 2 aromatic rings. The number of anilines is 1. The summed E-state index contributed by atoms with van der Waals surface area (Å²) < 4.78 is 24.1. The van der Waals surface area contributed by atoms with Crippen LogP contribution in [0.3, 0.4) is 0 Å². The smallest absolute Gasteiger partial charge is 0.272 e. The van der Waals surface area contributed by atoms with Crippen LogP contribution in [0.15, 0.2) is 41.7 Å². The van der Waals surface area contributed by atoms with Crippen molar-refractivity contribution in [2.75, 3.05) is 44.8 Å². The Morgan fingerprint density at radius 3 is 2.94 bits per heavy atom. The number of rotatable bonds is 6. The maximum Gasteiger partial charge on any atom is 0.272 e. The first-order valence-corrected chi connectivity index (χ1v) is 11.5. The summed E-state index contributed by atoms with van der Waals surface area (Å²) in [5, 5.41) is 4.05. The van der Waals surface area contributed by atoms with E-state index in [0.29, 0.717) is 48.8 Å². The van der Waals surface area contributed by atoms with Crippen LogP contribution in [0.25, 0.3) is 17.7 Å². The molecule has 1 amide bonds. The van der Waals surface area contributed by atoms with Crippen molar-refractivity contribution >= 4 is 29.3 Å². The van der Waals surface area contributed by atoms with Crippen LogP contribution in [0.1, 0.15) is 48.3 Å². The van der Waals surface area contributed by atoms with Gasteiger partial charge < -0.3 is 19.4 Å². The molecule has 3 heterocycles. The van der Waals surface area contributed by atoms with E-state index in [9.17, 15) is 9.18 Å². The zero-order chi connectivity index (χ0) is 23.6. The Morgan fingerprint density at radius 2 is 2.12 bits per heavy atom. The van der Waals surface area contributed by atoms with Crippen molar-refractivity contribution in [2.24, 2.45) is 0 Å². The molecule has 0 bridgehead atoms. The van der Waals surface area contributed by atoms with Gasteiger partial charge in [0, 0.05) is 54.5 Å². The summed E-state index contributed by atoms with van der Waals surface area (Å²) in [6.07, 6.45) is 12.9. The number of hydrogen-bond donors (Lipinski definition) is 1. The average molecular weight is 454 g/mol. The third kappa shape index (κ3) is 5.79. The van der Waals surface area contributed by atoms with Gasteiger partial charge in [-0.1, -0.05) is 38.7 Å². The molecular weight excluding hydrogens is 421 g/mol. The van der Waals surface area contributed by atoms with Gasteiger partial charge in [0.15, 0.2) is 0 Å². The normalized spacial score (nSPS) is 15.1. The second-order valence-corrected chi connectivity index (χ2v) is 7.43. The Bertz CT molecular complexity index is 1110. The molecule has 1 fully saturated rings. The third-order valence-corrected chi connectivity index (χ3v) is 5.39. The average Bonchev–Trinajstić information content (AvgIpc) is 3.04. The fourth-order valence-corrected chi connectivity index (χ4v) is 3.77. The van der Waals surface area contributed by atoms with Crippen molar-refractivity contribution < 1.29 is 18.3 Å². The van der Waals surface area contributed by atoms with Gasteiger partial charge >= 0.3 is 0 Å². The number of nitrogens with zero attached hydrogens (tertiary/aromatic N) is 2. The number of carbonyl (C=O) groups excluding carboxylic acids is 1. The first-order valence-electron chi connectivity index (χ1n) is 11.5. The van der Waals surface area contributed by atoms with Crippen LogP contribution >= 0.6 is 0 Å². The molecule has 1 saturated heterocycles. The molecule has 0 aromatic carbocycles. The fourth-order valence-electron chi connectivity index (χ4n) is 3.77. The van der Waals surface area contributed by atoms with Gasteiger partial charge in [0.1, 0.15) is 17.8 Å². The number of hydrogen-bond acceptors (Lipinski definition) is 5. The standard InChI is InChI=1S/C24H26FN3O3.C2H6/c1-17(20-16-31-23-7-4-2-3-6-18(20)23)19-15-27-22(14-21(19)26-9-8-25)24(29)28-10-5-12-30-13-11-28;1-2/h2,4,6-7,14-16H,1,3,5,8-13H2,(H,26,27);1-2H3. The lowest BCUT2D eigenvalue weighted by Gasteiger charge is -2.20. The number of alkyl halides is 1. The van der Waals surface area contributed by atoms with Gasteiger partial charge in [-0.15, -0.1) is 0 Å². The molecule has 1 N–H and O–H groups in total. The number of ether oxygens (including phenoxy) is 1. The number of aromatic nitrogens is 1. The van der Waals surface area contributed by atoms with Crippen molar-refractivity contribution in [1.29, 1.82) is 0 Å². The molecule has 2 aromatic heterocycles. The van der Waals surface area contributed by atoms with Crippen LogP contribution in [-0.2, 0) is 4.74 Å². The monoisotopic (exact) mass is 453 g/mol. The largest absolute Gasteiger partial charge is 0.464 e. The number of halogens is 1. The summed E-state index contributed by atoms with van der Waals surface area (Å²) in [5.74, 6) is -0.155. The molecule has 4 rings (SSSR count). The maximum atomic E-state index is 13.0. The number of pyridine rings is 1. The van der Waals surface area contributed by atoms with Crippen molar-refractivity contribution in [3.05, 3.63) is 64.7 Å². The van der Waals surface area contributed by atoms with Crippen molar-refractivity contribution in [3.63, 3.8) is 0 Å². The van der Waals surface area contributed by atoms with Crippen LogP contribution in [0.4, 0.5) is 10.1 Å². The molecule has 6 nitrogen and oxygen atoms in total. The molecule has 2 aliphatic rings. The van der Waals surface area contributed by atoms with E-state index in [1.165, 1.54) is 0 Å². The number of fused-ring (bicyclic) bond motifs is 1. The summed E-state index contributed by atoms with van der Waals surface area (Å²) in [4.78, 5) is 19.1. The van der Waals surface area contributed by atoms with Gasteiger partial charge in [0.2, 0.25) is 0 Å². The quantitative estimate of drug-likeness (QED) is 0.725. The molecule has 176 valence electrons. The fraction of sp³-hybridized carbons (Fsp3) is 0.385. The zero-order valence-electron chi connectivity index (χ0n) is 19.4. The van der Waals surface area contributed by atoms with E-state index in [1.54, 1.807) is 23.4 Å². The van der Waals surface area contributed by atoms with Gasteiger partial charge in [0.25, 0.3) is 5.91 Å². The molecule has 1 aliphatic carbocycles. The maximum absolute atomic E-state index is 13.0. The predicted octanol–water partition coefficient (Wildman–Crippen LogP) is 3.53. The minimum atomic E-state index is -0.531. The first-order chi connectivity index (χ1) is 16.2. The molecular formula is C26H32FN3O3. The summed E-state index contributed by atoms with van der Waals surface area (Å²) in [6.45, 7) is 10.2. The number of allylic oxidation sites excluding steroid dienone is 2. The molecule has 0 saturated carbocycles. The van der Waals surface area contributed by atoms with Gasteiger partial charge in [-0.2, -0.15) is 0 Å². The van der Waals surface area contributed by atoms with Gasteiger partial charge in [0.05, 0.1) is 12.9 Å². The number of nitrogens with one attached hydrogen (secondary N) is 1. The topological polar surface area (TPSA) is 67.6 Å². The highest BCUT2D eigenvalue weighted by atomic mass is 19.1. The lowest BCUT2D eigenvalue weighted by Crippen LogP contribution is -2.33. The summed E-state index contributed by atoms with van der Waals surface area (Å²) in [7, 11) is 0. The number of amides is 1. The highest BCUT2D eigenvalue weighted by Crippen LogP contribution is 2.27. The summed E-state index contributed by atoms with van der Waals surface area (Å²) in [6, 6.07) is 1.68. The minimum absolute atomic E-state index is 0.128. The highest BCUT2D eigenvalue weighted by Gasteiger charge is 2.21. The van der Waals surface area contributed by atoms with E-state index in [0.717, 1.165) is 29.0 Å². The molecule has 33 heavy (non-hydrogen) atoms. The SMILES string of the molecule is C=C(c1cnc(C(=O)N2CCCOCC2)cc1NCCF)c1coc2c1=CCC=CC=2.CC. The molecule has 0 unspecified atom stereocenters. The van der Waals surface area contributed by atoms with Crippen LogP contribution in [0, 0.1) is 0 Å². The van der Waals surface area contributed by atoms with Crippen molar-refractivity contribution in [1.82, 2.24) is 9.88 Å². The van der Waals surface area contributed by atoms with Gasteiger partial charge in [-0.05, 0) is 30.6 Å². The number of furan rings is 1. The van der Waals surface area contributed by atoms with Crippen LogP contribution in [0.5, 0.6) is 0 Å². The second kappa shape index (κ2) is 12.2. The van der Waals surface area contributed by atoms with E-state index in [1.807, 2.05) is 32.1 Å². The number of carbonyl (C=O) groups is 1. The zero-order valence-corrected chi connectivity index (χ0v) is 19.4. The van der Waals surface area contributed by atoms with E-state index in [-0.39, 0.29) is 12.5 Å². The Balaban J connectivity index is 0.00000149. The van der Waals surface area contributed by atoms with E-state index in [4.69, 9.17) is 9.15 Å². The Hall–Kier alpha value is -3.19. The molecule has 0 radical (unpaired) electrons. The van der Waals surface area contributed by atoms with Crippen molar-refractivity contribution in [2.45, 2.75) is 26.7 Å². The first kappa shape index (κ1) is 24.5. The summed E-state index contributed by atoms with van der Waals surface area (Å²) in [5.41, 5.74) is 3.97. The second-order valence-electron chi connectivity index (χ2n) is 7.43. The molecule has 0 spiro atoms. The molecule has 7 heteroatoms. The molecule has 1 aliphatic heterocycles. The third-order valence-electron chi connectivity index (χ3n) is 5.39. The Kier molecular flexibility index (Phi) is 9.01. The van der Waals surface area contributed by atoms with Crippen LogP contribution in [0.2, 0.25) is 0 Å². The minimum Gasteiger partial charge on any atom is -0.464 e. The molecule has 0 atom stereocenters. The van der Waals surface area contributed by atoms with Gasteiger partial charge in [-0.25, -0.2) is 4.39 Å². The van der Waals surface area contributed by atoms with E-state index >= 15 is 0 Å². The lowest BCUT2D eigenvalue weighted by atomic mass is 9.99. The van der Waals surface area contributed by atoms with Crippen LogP contribution in [-0.4, -0.2) is 55.3 Å². The highest BCUT2D eigenvalue weighted by molar-refractivity contribution is 5.95. The van der Waals surface area contributed by atoms with E-state index < -0.39 is 6.67 Å².